The average molecular weight is 669 g/mol. The molecule has 1 atom stereocenters. The van der Waals surface area contributed by atoms with Crippen LogP contribution in [0.15, 0.2) is 72.8 Å². The maximum atomic E-state index is 13.5. The van der Waals surface area contributed by atoms with Crippen LogP contribution in [-0.2, 0) is 38.6 Å². The van der Waals surface area contributed by atoms with Crippen LogP contribution in [0.4, 0.5) is 20.6 Å². The van der Waals surface area contributed by atoms with Gasteiger partial charge in [0.05, 0.1) is 42.9 Å². The fraction of sp³-hybridized carbons (Fsp3) is 0.412. The first-order valence-electron chi connectivity index (χ1n) is 15.8. The molecule has 256 valence electrons. The molecule has 1 fully saturated rings. The van der Waals surface area contributed by atoms with Crippen molar-refractivity contribution in [1.29, 1.82) is 0 Å². The van der Waals surface area contributed by atoms with Crippen LogP contribution in [0.5, 0.6) is 0 Å². The van der Waals surface area contributed by atoms with Gasteiger partial charge in [-0.05, 0) is 36.4 Å². The number of esters is 1. The van der Waals surface area contributed by atoms with Gasteiger partial charge in [-0.15, -0.1) is 0 Å². The molecule has 48 heavy (non-hydrogen) atoms. The van der Waals surface area contributed by atoms with E-state index in [4.69, 9.17) is 14.2 Å². The summed E-state index contributed by atoms with van der Waals surface area (Å²) in [5.74, 6) is -0.853. The highest BCUT2D eigenvalue weighted by molar-refractivity contribution is 5.69. The molecule has 0 radical (unpaired) electrons. The molecule has 3 aromatic rings. The Balaban J connectivity index is 1.19. The lowest BCUT2D eigenvalue weighted by atomic mass is 10.1. The summed E-state index contributed by atoms with van der Waals surface area (Å²) in [6.07, 6.45) is 1.90. The van der Waals surface area contributed by atoms with Crippen molar-refractivity contribution in [3.05, 3.63) is 116 Å². The molecular formula is C34H41FN4O9+2. The molecule has 0 amide bonds. The Labute approximate surface area is 277 Å². The fourth-order valence-corrected chi connectivity index (χ4v) is 6.15. The number of likely N-dealkylation sites (N-methyl/N-ethyl adjacent to an activating group) is 1. The monoisotopic (exact) mass is 668 g/mol. The van der Waals surface area contributed by atoms with Gasteiger partial charge in [0.15, 0.2) is 0 Å². The first kappa shape index (κ1) is 35.9. The van der Waals surface area contributed by atoms with Gasteiger partial charge in [0, 0.05) is 60.2 Å². The van der Waals surface area contributed by atoms with Crippen molar-refractivity contribution in [3.8, 4) is 0 Å². The number of halogens is 1. The fourth-order valence-electron chi connectivity index (χ4n) is 6.15. The van der Waals surface area contributed by atoms with E-state index in [1.54, 1.807) is 36.4 Å². The molecule has 1 saturated heterocycles. The molecule has 0 bridgehead atoms. The first-order valence-corrected chi connectivity index (χ1v) is 15.8. The lowest BCUT2D eigenvalue weighted by Gasteiger charge is -2.34. The van der Waals surface area contributed by atoms with E-state index in [1.165, 1.54) is 36.4 Å². The molecule has 4 rings (SSSR count). The molecule has 13 nitrogen and oxygen atoms in total. The quantitative estimate of drug-likeness (QED) is 0.0552. The standard InChI is InChI=1S/C34H41FN4O9/c1-38(23-27-6-12-30(35)13-7-27,24-28-8-14-31(15-9-28)36(42)43)21-22-46-34(41)48-26-47-33(40)5-4-20-39(18-2-3-19-39)25-29-10-16-32(17-11-29)37(44)45/h6-17H,2-5,18-26H2,1H3/q+2. The molecule has 1 unspecified atom stereocenters. The topological polar surface area (TPSA) is 148 Å². The van der Waals surface area contributed by atoms with Crippen LogP contribution < -0.4 is 0 Å². The number of benzene rings is 3. The van der Waals surface area contributed by atoms with Crippen molar-refractivity contribution >= 4 is 23.5 Å². The van der Waals surface area contributed by atoms with Gasteiger partial charge in [-0.2, -0.15) is 0 Å². The van der Waals surface area contributed by atoms with Crippen molar-refractivity contribution in [2.75, 3.05) is 46.6 Å². The number of nitro benzene ring substituents is 2. The van der Waals surface area contributed by atoms with Crippen LogP contribution in [0.1, 0.15) is 42.4 Å². The van der Waals surface area contributed by atoms with Gasteiger partial charge in [-0.3, -0.25) is 25.0 Å². The smallest absolute Gasteiger partial charge is 0.428 e. The van der Waals surface area contributed by atoms with Gasteiger partial charge in [0.25, 0.3) is 11.4 Å². The molecule has 0 aromatic heterocycles. The summed E-state index contributed by atoms with van der Waals surface area (Å²) < 4.78 is 29.9. The molecule has 0 saturated carbocycles. The number of non-ortho nitro benzene ring substituents is 2. The molecule has 14 heteroatoms. The zero-order valence-electron chi connectivity index (χ0n) is 27.0. The zero-order chi connectivity index (χ0) is 34.6. The summed E-state index contributed by atoms with van der Waals surface area (Å²) >= 11 is 0. The molecular weight excluding hydrogens is 627 g/mol. The van der Waals surface area contributed by atoms with Crippen LogP contribution in [0.2, 0.25) is 0 Å². The lowest BCUT2D eigenvalue weighted by Crippen LogP contribution is -2.45. The summed E-state index contributed by atoms with van der Waals surface area (Å²) in [7, 11) is 1.93. The molecule has 3 aromatic carbocycles. The number of rotatable bonds is 17. The van der Waals surface area contributed by atoms with Crippen LogP contribution >= 0.6 is 0 Å². The van der Waals surface area contributed by atoms with E-state index in [0.717, 1.165) is 60.2 Å². The van der Waals surface area contributed by atoms with Gasteiger partial charge < -0.3 is 23.2 Å². The minimum atomic E-state index is -0.990. The minimum Gasteiger partial charge on any atom is -0.428 e. The maximum Gasteiger partial charge on any atom is 0.511 e. The van der Waals surface area contributed by atoms with E-state index >= 15 is 0 Å². The molecule has 0 spiro atoms. The molecule has 0 N–H and O–H groups in total. The number of quaternary nitrogens is 2. The summed E-state index contributed by atoms with van der Waals surface area (Å²) in [6.45, 7) is 4.11. The highest BCUT2D eigenvalue weighted by atomic mass is 19.1. The van der Waals surface area contributed by atoms with E-state index < -0.39 is 28.8 Å². The number of hydrogen-bond donors (Lipinski definition) is 0. The van der Waals surface area contributed by atoms with Crippen molar-refractivity contribution in [2.45, 2.75) is 45.3 Å². The van der Waals surface area contributed by atoms with E-state index in [9.17, 15) is 34.2 Å². The van der Waals surface area contributed by atoms with Crippen molar-refractivity contribution < 1.29 is 47.0 Å². The Morgan fingerprint density at radius 2 is 1.31 bits per heavy atom. The molecule has 1 aliphatic heterocycles. The van der Waals surface area contributed by atoms with E-state index in [0.29, 0.717) is 30.5 Å². The Kier molecular flexibility index (Phi) is 12.5. The highest BCUT2D eigenvalue weighted by Gasteiger charge is 2.32. The predicted molar refractivity (Wildman–Crippen MR) is 171 cm³/mol. The SMILES string of the molecule is C[N+](CCOC(=O)OCOC(=O)CCC[N+]1(Cc2ccc([N+](=O)[O-])cc2)CCCC1)(Cc1ccc(F)cc1)Cc1ccc([N+](=O)[O-])cc1. The minimum absolute atomic E-state index is 0.0187. The third-order valence-electron chi connectivity index (χ3n) is 8.63. The van der Waals surface area contributed by atoms with Gasteiger partial charge >= 0.3 is 12.1 Å². The molecule has 1 aliphatic rings. The third-order valence-corrected chi connectivity index (χ3v) is 8.63. The number of nitro groups is 2. The lowest BCUT2D eigenvalue weighted by molar-refractivity contribution is -0.935. The number of ether oxygens (including phenoxy) is 3. The van der Waals surface area contributed by atoms with Crippen molar-refractivity contribution in [3.63, 3.8) is 0 Å². The summed E-state index contributed by atoms with van der Waals surface area (Å²) in [6, 6.07) is 18.9. The molecule has 0 aliphatic carbocycles. The summed E-state index contributed by atoms with van der Waals surface area (Å²) in [4.78, 5) is 45.7. The number of carbonyl (C=O) groups excluding carboxylic acids is 2. The predicted octanol–water partition coefficient (Wildman–Crippen LogP) is 6.03. The Bertz CT molecular complexity index is 1550. The van der Waals surface area contributed by atoms with Gasteiger partial charge in [0.1, 0.15) is 38.6 Å². The van der Waals surface area contributed by atoms with Gasteiger partial charge in [0.2, 0.25) is 6.79 Å². The van der Waals surface area contributed by atoms with Crippen molar-refractivity contribution in [1.82, 2.24) is 0 Å². The maximum absolute atomic E-state index is 13.5. The van der Waals surface area contributed by atoms with Crippen LogP contribution in [0.3, 0.4) is 0 Å². The summed E-state index contributed by atoms with van der Waals surface area (Å²) in [5.41, 5.74) is 2.75. The Morgan fingerprint density at radius 3 is 1.85 bits per heavy atom. The molecule has 1 heterocycles. The summed E-state index contributed by atoms with van der Waals surface area (Å²) in [5, 5.41) is 22.0. The van der Waals surface area contributed by atoms with E-state index in [2.05, 4.69) is 0 Å². The number of likely N-dealkylation sites (tertiary alicyclic amines) is 1. The second kappa shape index (κ2) is 16.7. The van der Waals surface area contributed by atoms with E-state index in [-0.39, 0.29) is 30.2 Å². The zero-order valence-corrected chi connectivity index (χ0v) is 27.0. The normalized spacial score (nSPS) is 14.9. The first-order chi connectivity index (χ1) is 22.9. The number of nitrogens with zero attached hydrogens (tertiary/aromatic N) is 4. The third kappa shape index (κ3) is 11.1. The second-order valence-corrected chi connectivity index (χ2v) is 12.5. The van der Waals surface area contributed by atoms with Crippen molar-refractivity contribution in [2.24, 2.45) is 0 Å². The second-order valence-electron chi connectivity index (χ2n) is 12.5. The largest absolute Gasteiger partial charge is 0.511 e. The number of hydrogen-bond acceptors (Lipinski definition) is 9. The average Bonchev–Trinajstić information content (AvgIpc) is 3.50. The van der Waals surface area contributed by atoms with Gasteiger partial charge in [-0.1, -0.05) is 12.1 Å². The van der Waals surface area contributed by atoms with E-state index in [1.807, 2.05) is 7.05 Å². The Hall–Kier alpha value is -4.95. The van der Waals surface area contributed by atoms with Crippen LogP contribution in [0, 0.1) is 26.0 Å². The Morgan fingerprint density at radius 1 is 0.792 bits per heavy atom. The highest BCUT2D eigenvalue weighted by Crippen LogP contribution is 2.26. The van der Waals surface area contributed by atoms with Crippen LogP contribution in [-0.4, -0.2) is 77.6 Å². The van der Waals surface area contributed by atoms with Crippen LogP contribution in [0.25, 0.3) is 0 Å². The van der Waals surface area contributed by atoms with Gasteiger partial charge in [-0.25, -0.2) is 9.18 Å². The number of carbonyl (C=O) groups is 2.